The fourth-order valence-corrected chi connectivity index (χ4v) is 4.07. The summed E-state index contributed by atoms with van der Waals surface area (Å²) in [4.78, 5) is 14.8. The molecule has 27 heavy (non-hydrogen) atoms. The summed E-state index contributed by atoms with van der Waals surface area (Å²) in [5.41, 5.74) is 4.46. The fourth-order valence-electron chi connectivity index (χ4n) is 3.31. The van der Waals surface area contributed by atoms with Crippen LogP contribution in [0.1, 0.15) is 50.2 Å². The van der Waals surface area contributed by atoms with Gasteiger partial charge in [0, 0.05) is 12.2 Å². The average Bonchev–Trinajstić information content (AvgIpc) is 3.15. The smallest absolute Gasteiger partial charge is 0.237 e. The van der Waals surface area contributed by atoms with Crippen molar-refractivity contribution in [3.05, 3.63) is 41.1 Å². The van der Waals surface area contributed by atoms with E-state index in [4.69, 9.17) is 0 Å². The number of carbonyl (C=O) groups is 1. The van der Waals surface area contributed by atoms with E-state index < -0.39 is 0 Å². The Bertz CT molecular complexity index is 830. The number of tetrazole rings is 1. The monoisotopic (exact) mass is 385 g/mol. The molecule has 1 aromatic carbocycles. The average molecular weight is 386 g/mol. The van der Waals surface area contributed by atoms with Crippen LogP contribution in [0.25, 0.3) is 5.69 Å². The second kappa shape index (κ2) is 9.17. The van der Waals surface area contributed by atoms with Crippen LogP contribution in [0.3, 0.4) is 0 Å². The number of hydrogen-bond acceptors (Lipinski definition) is 5. The third-order valence-corrected chi connectivity index (χ3v) is 5.84. The maximum absolute atomic E-state index is 12.9. The Labute approximate surface area is 165 Å². The molecule has 0 spiro atoms. The molecule has 2 aromatic rings. The highest BCUT2D eigenvalue weighted by Crippen LogP contribution is 2.25. The molecule has 1 amide bonds. The van der Waals surface area contributed by atoms with Crippen LogP contribution in [-0.4, -0.2) is 43.3 Å². The zero-order valence-corrected chi connectivity index (χ0v) is 17.1. The topological polar surface area (TPSA) is 63.9 Å². The maximum atomic E-state index is 12.9. The zero-order valence-electron chi connectivity index (χ0n) is 16.3. The summed E-state index contributed by atoms with van der Waals surface area (Å²) < 4.78 is 1.73. The summed E-state index contributed by atoms with van der Waals surface area (Å²) in [6.07, 6.45) is 7.63. The molecule has 144 valence electrons. The van der Waals surface area contributed by atoms with Crippen molar-refractivity contribution in [1.29, 1.82) is 0 Å². The summed E-state index contributed by atoms with van der Waals surface area (Å²) in [7, 11) is 0. The molecule has 1 heterocycles. The predicted octanol–water partition coefficient (Wildman–Crippen LogP) is 4.07. The van der Waals surface area contributed by atoms with Gasteiger partial charge in [-0.05, 0) is 73.6 Å². The highest BCUT2D eigenvalue weighted by molar-refractivity contribution is 7.99. The van der Waals surface area contributed by atoms with Crippen molar-refractivity contribution < 1.29 is 4.79 Å². The van der Waals surface area contributed by atoms with E-state index in [1.807, 2.05) is 17.0 Å². The first-order chi connectivity index (χ1) is 13.1. The van der Waals surface area contributed by atoms with E-state index in [9.17, 15) is 4.79 Å². The van der Waals surface area contributed by atoms with E-state index in [1.165, 1.54) is 29.4 Å². The van der Waals surface area contributed by atoms with Crippen LogP contribution in [0.15, 0.2) is 35.1 Å². The fraction of sp³-hybridized carbons (Fsp3) is 0.500. The van der Waals surface area contributed by atoms with Crippen molar-refractivity contribution in [3.8, 4) is 5.69 Å². The van der Waals surface area contributed by atoms with Crippen molar-refractivity contribution in [3.63, 3.8) is 0 Å². The molecule has 7 heteroatoms. The van der Waals surface area contributed by atoms with Gasteiger partial charge in [-0.3, -0.25) is 4.79 Å². The summed E-state index contributed by atoms with van der Waals surface area (Å²) in [5, 5.41) is 12.7. The summed E-state index contributed by atoms with van der Waals surface area (Å²) in [6, 6.07) is 6.07. The van der Waals surface area contributed by atoms with E-state index in [-0.39, 0.29) is 5.91 Å². The first-order valence-corrected chi connectivity index (χ1v) is 10.6. The van der Waals surface area contributed by atoms with Gasteiger partial charge in [0.05, 0.1) is 11.4 Å². The lowest BCUT2D eigenvalue weighted by molar-refractivity contribution is -0.126. The van der Waals surface area contributed by atoms with E-state index in [0.29, 0.717) is 10.9 Å². The minimum atomic E-state index is 0.130. The van der Waals surface area contributed by atoms with Crippen molar-refractivity contribution in [2.75, 3.05) is 12.3 Å². The molecule has 0 saturated heterocycles. The number of carbonyl (C=O) groups excluding carboxylic acids is 1. The molecule has 0 aliphatic heterocycles. The van der Waals surface area contributed by atoms with Gasteiger partial charge in [-0.2, -0.15) is 4.68 Å². The normalized spacial score (nSPS) is 14.1. The Kier molecular flexibility index (Phi) is 6.66. The Hall–Kier alpha value is -2.15. The predicted molar refractivity (Wildman–Crippen MR) is 108 cm³/mol. The number of thioether (sulfide) groups is 1. The molecule has 6 nitrogen and oxygen atoms in total. The first-order valence-electron chi connectivity index (χ1n) is 9.59. The van der Waals surface area contributed by atoms with Crippen molar-refractivity contribution in [1.82, 2.24) is 25.1 Å². The summed E-state index contributed by atoms with van der Waals surface area (Å²) in [5.74, 6) is 0.466. The van der Waals surface area contributed by atoms with Crippen molar-refractivity contribution >= 4 is 17.7 Å². The van der Waals surface area contributed by atoms with E-state index in [1.54, 1.807) is 4.68 Å². The molecule has 0 fully saturated rings. The van der Waals surface area contributed by atoms with E-state index in [2.05, 4.69) is 48.4 Å². The van der Waals surface area contributed by atoms with Crippen LogP contribution < -0.4 is 0 Å². The highest BCUT2D eigenvalue weighted by atomic mass is 32.2. The van der Waals surface area contributed by atoms with Gasteiger partial charge in [0.2, 0.25) is 11.1 Å². The molecule has 0 bridgehead atoms. The third kappa shape index (κ3) is 4.58. The third-order valence-electron chi connectivity index (χ3n) is 4.93. The molecule has 0 atom stereocenters. The van der Waals surface area contributed by atoms with Gasteiger partial charge in [0.25, 0.3) is 0 Å². The first kappa shape index (κ1) is 19.6. The van der Waals surface area contributed by atoms with Gasteiger partial charge in [-0.1, -0.05) is 36.9 Å². The number of aromatic nitrogens is 4. The maximum Gasteiger partial charge on any atom is 0.237 e. The quantitative estimate of drug-likeness (QED) is 0.672. The van der Waals surface area contributed by atoms with Crippen LogP contribution in [0.5, 0.6) is 0 Å². The minimum Gasteiger partial charge on any atom is -0.316 e. The van der Waals surface area contributed by atoms with Crippen molar-refractivity contribution in [2.45, 2.75) is 58.0 Å². The van der Waals surface area contributed by atoms with Gasteiger partial charge < -0.3 is 4.90 Å². The standard InChI is InChI=1S/C20H27N5OS/c1-4-13-24(17-10-6-5-7-11-17)19(26)14-27-20-21-22-23-25(20)18-12-8-9-15(2)16(18)3/h8-10,12H,4-7,11,13-14H2,1-3H3. The summed E-state index contributed by atoms with van der Waals surface area (Å²) >= 11 is 1.40. The van der Waals surface area contributed by atoms with Crippen molar-refractivity contribution in [2.24, 2.45) is 0 Å². The lowest BCUT2D eigenvalue weighted by atomic mass is 10.0. The van der Waals surface area contributed by atoms with E-state index >= 15 is 0 Å². The second-order valence-electron chi connectivity index (χ2n) is 6.87. The number of nitrogens with zero attached hydrogens (tertiary/aromatic N) is 5. The Balaban J connectivity index is 1.73. The Morgan fingerprint density at radius 1 is 1.30 bits per heavy atom. The van der Waals surface area contributed by atoms with Crippen LogP contribution >= 0.6 is 11.8 Å². The molecule has 0 N–H and O–H groups in total. The molecule has 1 aromatic heterocycles. The number of hydrogen-bond donors (Lipinski definition) is 0. The van der Waals surface area contributed by atoms with Gasteiger partial charge >= 0.3 is 0 Å². The number of benzene rings is 1. The van der Waals surface area contributed by atoms with Crippen LogP contribution in [0.4, 0.5) is 0 Å². The largest absolute Gasteiger partial charge is 0.316 e. The van der Waals surface area contributed by atoms with Gasteiger partial charge in [0.15, 0.2) is 0 Å². The molecular weight excluding hydrogens is 358 g/mol. The van der Waals surface area contributed by atoms with Gasteiger partial charge in [-0.25, -0.2) is 0 Å². The highest BCUT2D eigenvalue weighted by Gasteiger charge is 2.20. The summed E-state index contributed by atoms with van der Waals surface area (Å²) in [6.45, 7) is 7.01. The lowest BCUT2D eigenvalue weighted by Gasteiger charge is -2.27. The molecule has 3 rings (SSSR count). The molecule has 1 aliphatic carbocycles. The Morgan fingerprint density at radius 3 is 2.89 bits per heavy atom. The van der Waals surface area contributed by atoms with Gasteiger partial charge in [0.1, 0.15) is 0 Å². The van der Waals surface area contributed by atoms with Crippen LogP contribution in [-0.2, 0) is 4.79 Å². The number of allylic oxidation sites excluding steroid dienone is 2. The van der Waals surface area contributed by atoms with Crippen LogP contribution in [0, 0.1) is 13.8 Å². The SMILES string of the molecule is CCCN(C(=O)CSc1nnnn1-c1cccc(C)c1C)C1=CCCCC1. The number of rotatable bonds is 7. The Morgan fingerprint density at radius 2 is 2.15 bits per heavy atom. The number of aryl methyl sites for hydroxylation is 1. The molecule has 0 unspecified atom stereocenters. The van der Waals surface area contributed by atoms with E-state index in [0.717, 1.165) is 43.5 Å². The lowest BCUT2D eigenvalue weighted by Crippen LogP contribution is -2.33. The van der Waals surface area contributed by atoms with Crippen LogP contribution in [0.2, 0.25) is 0 Å². The number of amides is 1. The molecular formula is C20H27N5OS. The molecule has 1 aliphatic rings. The zero-order chi connectivity index (χ0) is 19.2. The second-order valence-corrected chi connectivity index (χ2v) is 7.81. The minimum absolute atomic E-state index is 0.130. The van der Waals surface area contributed by atoms with Gasteiger partial charge in [-0.15, -0.1) is 5.10 Å². The molecule has 0 radical (unpaired) electrons. The molecule has 0 saturated carbocycles.